The number of aryl methyl sites for hydroxylation is 1. The lowest BCUT2D eigenvalue weighted by atomic mass is 10.1. The summed E-state index contributed by atoms with van der Waals surface area (Å²) in [7, 11) is 0. The zero-order chi connectivity index (χ0) is 11.1. The molecule has 0 fully saturated rings. The molecule has 1 heterocycles. The van der Waals surface area contributed by atoms with Crippen LogP contribution in [0.5, 0.6) is 0 Å². The van der Waals surface area contributed by atoms with E-state index >= 15 is 0 Å². The van der Waals surface area contributed by atoms with Crippen LogP contribution in [0.2, 0.25) is 0 Å². The Hall–Kier alpha value is -1.89. The third kappa shape index (κ3) is 1.37. The Morgan fingerprint density at radius 3 is 2.67 bits per heavy atom. The van der Waals surface area contributed by atoms with Crippen molar-refractivity contribution in [2.75, 3.05) is 0 Å². The van der Waals surface area contributed by atoms with Crippen LogP contribution in [-0.4, -0.2) is 4.98 Å². The third-order valence-corrected chi connectivity index (χ3v) is 2.35. The van der Waals surface area contributed by atoms with Gasteiger partial charge in [0.05, 0.1) is 5.56 Å². The fourth-order valence-electron chi connectivity index (χ4n) is 1.74. The van der Waals surface area contributed by atoms with E-state index in [1.807, 2.05) is 0 Å². The smallest absolute Gasteiger partial charge is 0.358 e. The van der Waals surface area contributed by atoms with Gasteiger partial charge in [-0.2, -0.15) is 14.0 Å². The topological polar surface area (TPSA) is 39.6 Å². The number of hydrogen-bond acceptors (Lipinski definition) is 1. The molecule has 0 bridgehead atoms. The van der Waals surface area contributed by atoms with Crippen molar-refractivity contribution in [3.63, 3.8) is 0 Å². The molecule has 0 atom stereocenters. The van der Waals surface area contributed by atoms with Gasteiger partial charge in [-0.1, -0.05) is 18.2 Å². The number of aromatic amines is 1. The lowest BCUT2D eigenvalue weighted by Gasteiger charge is -2.07. The SMILES string of the molecule is Cc1[nH]c2ccccc2c1C(F)(F)C#N. The van der Waals surface area contributed by atoms with E-state index in [-0.39, 0.29) is 5.56 Å². The molecule has 2 aromatic rings. The lowest BCUT2D eigenvalue weighted by molar-refractivity contribution is 0.0623. The summed E-state index contributed by atoms with van der Waals surface area (Å²) < 4.78 is 26.7. The highest BCUT2D eigenvalue weighted by Gasteiger charge is 2.35. The van der Waals surface area contributed by atoms with Crippen LogP contribution in [0.4, 0.5) is 8.78 Å². The molecule has 0 amide bonds. The maximum absolute atomic E-state index is 13.3. The predicted octanol–water partition coefficient (Wildman–Crippen LogP) is 3.09. The Labute approximate surface area is 85.1 Å². The van der Waals surface area contributed by atoms with Gasteiger partial charge >= 0.3 is 5.92 Å². The summed E-state index contributed by atoms with van der Waals surface area (Å²) in [6, 6.07) is 7.74. The monoisotopic (exact) mass is 206 g/mol. The van der Waals surface area contributed by atoms with E-state index < -0.39 is 5.92 Å². The van der Waals surface area contributed by atoms with Gasteiger partial charge in [0.15, 0.2) is 0 Å². The summed E-state index contributed by atoms with van der Waals surface area (Å²) in [5.74, 6) is -3.44. The van der Waals surface area contributed by atoms with Gasteiger partial charge in [-0.05, 0) is 13.0 Å². The number of rotatable bonds is 1. The molecule has 0 radical (unpaired) electrons. The van der Waals surface area contributed by atoms with Crippen LogP contribution < -0.4 is 0 Å². The number of nitrogens with zero attached hydrogens (tertiary/aromatic N) is 1. The summed E-state index contributed by atoms with van der Waals surface area (Å²) in [5, 5.41) is 8.84. The molecule has 0 spiro atoms. The maximum Gasteiger partial charge on any atom is 0.359 e. The highest BCUT2D eigenvalue weighted by molar-refractivity contribution is 5.85. The highest BCUT2D eigenvalue weighted by atomic mass is 19.3. The molecule has 0 saturated heterocycles. The number of H-pyrrole nitrogens is 1. The van der Waals surface area contributed by atoms with Crippen molar-refractivity contribution in [1.29, 1.82) is 5.26 Å². The summed E-state index contributed by atoms with van der Waals surface area (Å²) >= 11 is 0. The first-order valence-corrected chi connectivity index (χ1v) is 4.43. The molecule has 1 aromatic heterocycles. The van der Waals surface area contributed by atoms with Gasteiger partial charge in [0.1, 0.15) is 6.07 Å². The number of benzene rings is 1. The Kier molecular flexibility index (Phi) is 1.97. The fourth-order valence-corrected chi connectivity index (χ4v) is 1.74. The number of aromatic nitrogens is 1. The molecular weight excluding hydrogens is 198 g/mol. The number of para-hydroxylation sites is 1. The highest BCUT2D eigenvalue weighted by Crippen LogP contribution is 2.35. The van der Waals surface area contributed by atoms with Crippen LogP contribution in [0.15, 0.2) is 24.3 Å². The molecule has 4 heteroatoms. The van der Waals surface area contributed by atoms with Crippen molar-refractivity contribution in [2.45, 2.75) is 12.8 Å². The lowest BCUT2D eigenvalue weighted by Crippen LogP contribution is -2.10. The quantitative estimate of drug-likeness (QED) is 0.765. The van der Waals surface area contributed by atoms with Crippen LogP contribution in [0.1, 0.15) is 11.3 Å². The fraction of sp³-hybridized carbons (Fsp3) is 0.182. The molecular formula is C11H8F2N2. The Morgan fingerprint density at radius 2 is 2.00 bits per heavy atom. The third-order valence-electron chi connectivity index (χ3n) is 2.35. The minimum absolute atomic E-state index is 0.222. The molecule has 76 valence electrons. The number of hydrogen-bond donors (Lipinski definition) is 1. The molecule has 15 heavy (non-hydrogen) atoms. The van der Waals surface area contributed by atoms with Gasteiger partial charge in [0.25, 0.3) is 0 Å². The number of alkyl halides is 2. The number of nitrogens with one attached hydrogen (secondary N) is 1. The minimum atomic E-state index is -3.44. The van der Waals surface area contributed by atoms with E-state index in [9.17, 15) is 8.78 Å². The van der Waals surface area contributed by atoms with Gasteiger partial charge in [0, 0.05) is 16.6 Å². The number of halogens is 2. The second kappa shape index (κ2) is 3.06. The minimum Gasteiger partial charge on any atom is -0.358 e. The standard InChI is InChI=1S/C11H8F2N2/c1-7-10(11(12,13)6-14)8-4-2-3-5-9(8)15-7/h2-5,15H,1H3. The van der Waals surface area contributed by atoms with Crippen LogP contribution in [0.25, 0.3) is 10.9 Å². The van der Waals surface area contributed by atoms with Crippen molar-refractivity contribution in [3.05, 3.63) is 35.5 Å². The Morgan fingerprint density at radius 1 is 1.33 bits per heavy atom. The average molecular weight is 206 g/mol. The molecule has 0 aliphatic rings. The molecule has 1 aromatic carbocycles. The first-order valence-electron chi connectivity index (χ1n) is 4.43. The summed E-state index contributed by atoms with van der Waals surface area (Å²) in [6.45, 7) is 1.54. The first kappa shape index (κ1) is 9.66. The molecule has 0 aliphatic heterocycles. The second-order valence-corrected chi connectivity index (χ2v) is 3.36. The van der Waals surface area contributed by atoms with Crippen molar-refractivity contribution >= 4 is 10.9 Å². The van der Waals surface area contributed by atoms with Crippen molar-refractivity contribution < 1.29 is 8.78 Å². The van der Waals surface area contributed by atoms with E-state index in [1.165, 1.54) is 0 Å². The predicted molar refractivity (Wildman–Crippen MR) is 52.5 cm³/mol. The van der Waals surface area contributed by atoms with Crippen LogP contribution in [0.3, 0.4) is 0 Å². The van der Waals surface area contributed by atoms with Crippen molar-refractivity contribution in [3.8, 4) is 6.07 Å². The number of nitriles is 1. The van der Waals surface area contributed by atoms with E-state index in [0.717, 1.165) is 6.07 Å². The molecule has 2 nitrogen and oxygen atoms in total. The largest absolute Gasteiger partial charge is 0.359 e. The normalized spacial score (nSPS) is 11.6. The number of fused-ring (bicyclic) bond motifs is 1. The van der Waals surface area contributed by atoms with Crippen LogP contribution in [0, 0.1) is 18.3 Å². The Balaban J connectivity index is 2.82. The molecule has 2 rings (SSSR count). The van der Waals surface area contributed by atoms with Gasteiger partial charge in [-0.25, -0.2) is 0 Å². The zero-order valence-electron chi connectivity index (χ0n) is 8.01. The average Bonchev–Trinajstić information content (AvgIpc) is 2.54. The van der Waals surface area contributed by atoms with E-state index in [1.54, 1.807) is 31.2 Å². The van der Waals surface area contributed by atoms with Crippen LogP contribution >= 0.6 is 0 Å². The molecule has 0 unspecified atom stereocenters. The van der Waals surface area contributed by atoms with Gasteiger partial charge < -0.3 is 4.98 Å². The first-order chi connectivity index (χ1) is 7.06. The van der Waals surface area contributed by atoms with Crippen LogP contribution in [-0.2, 0) is 5.92 Å². The van der Waals surface area contributed by atoms with Crippen molar-refractivity contribution in [2.24, 2.45) is 0 Å². The van der Waals surface area contributed by atoms with Gasteiger partial charge in [0.2, 0.25) is 0 Å². The Bertz CT molecular complexity index is 549. The van der Waals surface area contributed by atoms with E-state index in [0.29, 0.717) is 16.6 Å². The van der Waals surface area contributed by atoms with E-state index in [4.69, 9.17) is 5.26 Å². The van der Waals surface area contributed by atoms with E-state index in [2.05, 4.69) is 4.98 Å². The zero-order valence-corrected chi connectivity index (χ0v) is 8.01. The second-order valence-electron chi connectivity index (χ2n) is 3.36. The summed E-state index contributed by atoms with van der Waals surface area (Å²) in [6.07, 6.45) is 0. The van der Waals surface area contributed by atoms with Gasteiger partial charge in [-0.3, -0.25) is 0 Å². The molecule has 0 aliphatic carbocycles. The maximum atomic E-state index is 13.3. The summed E-state index contributed by atoms with van der Waals surface area (Å²) in [4.78, 5) is 2.84. The van der Waals surface area contributed by atoms with Gasteiger partial charge in [-0.15, -0.1) is 0 Å². The van der Waals surface area contributed by atoms with Crippen molar-refractivity contribution in [1.82, 2.24) is 4.98 Å². The summed E-state index contributed by atoms with van der Waals surface area (Å²) in [5.41, 5.74) is 0.739. The molecule has 0 saturated carbocycles. The molecule has 1 N–H and O–H groups in total.